The minimum Gasteiger partial charge on any atom is -0.495 e. The van der Waals surface area contributed by atoms with E-state index in [0.29, 0.717) is 43.5 Å². The van der Waals surface area contributed by atoms with Crippen molar-refractivity contribution in [3.05, 3.63) is 70.8 Å². The number of nitrogens with zero attached hydrogens (tertiary/aromatic N) is 5. The molecule has 0 saturated carbocycles. The van der Waals surface area contributed by atoms with E-state index in [-0.39, 0.29) is 69.3 Å². The molecule has 4 aliphatic heterocycles. The first-order chi connectivity index (χ1) is 39.3. The number of carbonyl (C=O) groups is 9. The van der Waals surface area contributed by atoms with E-state index >= 15 is 0 Å². The Morgan fingerprint density at radius 1 is 0.988 bits per heavy atom. The summed E-state index contributed by atoms with van der Waals surface area (Å²) < 4.78 is 46.2. The van der Waals surface area contributed by atoms with Crippen LogP contribution in [0, 0.1) is 5.92 Å². The number of hydrogen-bond donors (Lipinski definition) is 3. The number of ether oxygens (including phenoxy) is 8. The molecule has 2 unspecified atom stereocenters. The number of likely N-dealkylation sites (N-methyl/N-ethyl adjacent to an activating group) is 3. The number of carbonyl (C=O) groups excluding carboxylic acids is 9. The summed E-state index contributed by atoms with van der Waals surface area (Å²) in [6, 6.07) is 2.30. The van der Waals surface area contributed by atoms with E-state index in [0.717, 1.165) is 20.9 Å². The Balaban J connectivity index is 0.990. The van der Waals surface area contributed by atoms with Gasteiger partial charge in [0.1, 0.15) is 60.0 Å². The number of esters is 1. The lowest BCUT2D eigenvalue weighted by molar-refractivity contribution is -0.162. The Hall–Kier alpha value is -7.06. The number of fused-ring (bicyclic) bond motifs is 5. The minimum absolute atomic E-state index is 0.0569. The van der Waals surface area contributed by atoms with Crippen LogP contribution in [0.1, 0.15) is 78.2 Å². The number of amides is 8. The molecule has 0 radical (unpaired) electrons. The molecule has 2 fully saturated rings. The van der Waals surface area contributed by atoms with Crippen LogP contribution >= 0.6 is 11.6 Å². The minimum atomic E-state index is -1.90. The van der Waals surface area contributed by atoms with Crippen molar-refractivity contribution in [1.82, 2.24) is 30.2 Å². The van der Waals surface area contributed by atoms with Gasteiger partial charge < -0.3 is 67.9 Å². The molecule has 1 aromatic rings. The van der Waals surface area contributed by atoms with Gasteiger partial charge in [-0.05, 0) is 76.6 Å². The average Bonchev–Trinajstić information content (AvgIpc) is 3.94. The summed E-state index contributed by atoms with van der Waals surface area (Å²) in [7, 11) is 8.76. The highest BCUT2D eigenvalue weighted by atomic mass is 35.5. The molecule has 6 rings (SSSR count). The summed E-state index contributed by atoms with van der Waals surface area (Å²) >= 11 is 6.82. The van der Waals surface area contributed by atoms with E-state index in [1.165, 1.54) is 76.2 Å². The molecule has 2 saturated heterocycles. The summed E-state index contributed by atoms with van der Waals surface area (Å²) in [4.78, 5) is 123. The normalized spacial score (nSPS) is 28.1. The smallest absolute Gasteiger partial charge is 0.410 e. The van der Waals surface area contributed by atoms with Gasteiger partial charge in [0.05, 0.1) is 37.8 Å². The Bertz CT molecular complexity index is 2700. The van der Waals surface area contributed by atoms with Crippen LogP contribution in [0.15, 0.2) is 60.2 Å². The summed E-state index contributed by atoms with van der Waals surface area (Å²) in [6.07, 6.45) is 5.90. The SMILES string of the molecule is COc1cc2cc(c1Cl)N(C)C(=O)C[C@H](OC(=O)[C@H](C)N(C)C(=O)CCOC(=O)N(C)CCN(C)C(=O)OC1/C=C/CC(OCC(=O)NCCN3C(=O)C=CC3=O)CCC1)[C@]1(C)O[C@H]1[C@H](C)[C@@H]1C[C@@](O)(NC(=O)O1)[C@H](OC)/C=C/C=C(\C)C2. The molecule has 1 aromatic carbocycles. The van der Waals surface area contributed by atoms with Gasteiger partial charge in [0.15, 0.2) is 5.72 Å². The van der Waals surface area contributed by atoms with Crippen LogP contribution in [-0.2, 0) is 68.3 Å². The van der Waals surface area contributed by atoms with Crippen molar-refractivity contribution in [3.63, 3.8) is 0 Å². The zero-order valence-electron chi connectivity index (χ0n) is 48.7. The number of allylic oxidation sites excluding steroid dienone is 3. The number of hydrogen-bond acceptors (Lipinski definition) is 18. The van der Waals surface area contributed by atoms with Gasteiger partial charge in [-0.2, -0.15) is 0 Å². The van der Waals surface area contributed by atoms with Gasteiger partial charge >= 0.3 is 24.2 Å². The molecule has 3 N–H and O–H groups in total. The number of anilines is 1. The van der Waals surface area contributed by atoms with Gasteiger partial charge in [-0.1, -0.05) is 48.4 Å². The van der Waals surface area contributed by atoms with Crippen molar-refractivity contribution >= 4 is 71.1 Å². The maximum Gasteiger partial charge on any atom is 0.410 e. The number of rotatable bonds is 18. The van der Waals surface area contributed by atoms with E-state index in [4.69, 9.17) is 49.5 Å². The Labute approximate surface area is 488 Å². The average molecular weight is 1180 g/mol. The Morgan fingerprint density at radius 3 is 2.37 bits per heavy atom. The highest BCUT2D eigenvalue weighted by Crippen LogP contribution is 2.49. The number of benzene rings is 1. The third kappa shape index (κ3) is 17.0. The number of alkyl carbamates (subject to hydrolysis) is 1. The first kappa shape index (κ1) is 65.1. The number of epoxide rings is 1. The predicted octanol–water partition coefficient (Wildman–Crippen LogP) is 3.97. The maximum atomic E-state index is 14.4. The van der Waals surface area contributed by atoms with Gasteiger partial charge in [-0.25, -0.2) is 19.2 Å². The largest absolute Gasteiger partial charge is 0.495 e. The number of halogens is 1. The van der Waals surface area contributed by atoms with Gasteiger partial charge in [0.2, 0.25) is 17.7 Å². The third-order valence-electron chi connectivity index (χ3n) is 15.5. The number of methoxy groups -OCH3 is 2. The molecule has 25 nitrogen and oxygen atoms in total. The molecule has 456 valence electrons. The highest BCUT2D eigenvalue weighted by Gasteiger charge is 2.64. The first-order valence-corrected chi connectivity index (χ1v) is 27.9. The van der Waals surface area contributed by atoms with Gasteiger partial charge in [0, 0.05) is 86.0 Å². The van der Waals surface area contributed by atoms with Crippen LogP contribution in [0.5, 0.6) is 5.75 Å². The lowest BCUT2D eigenvalue weighted by Crippen LogP contribution is -2.63. The fourth-order valence-corrected chi connectivity index (χ4v) is 10.3. The number of nitrogens with one attached hydrogen (secondary N) is 2. The van der Waals surface area contributed by atoms with Crippen LogP contribution in [0.4, 0.5) is 20.1 Å². The van der Waals surface area contributed by atoms with E-state index in [1.54, 1.807) is 44.2 Å². The van der Waals surface area contributed by atoms with E-state index in [9.17, 15) is 48.3 Å². The van der Waals surface area contributed by atoms with E-state index < -0.39 is 108 Å². The van der Waals surface area contributed by atoms with E-state index in [1.807, 2.05) is 19.1 Å². The van der Waals surface area contributed by atoms with Crippen molar-refractivity contribution in [2.24, 2.45) is 5.92 Å². The van der Waals surface area contributed by atoms with Crippen molar-refractivity contribution in [3.8, 4) is 5.75 Å². The van der Waals surface area contributed by atoms with Crippen molar-refractivity contribution < 1.29 is 86.2 Å². The predicted molar refractivity (Wildman–Crippen MR) is 299 cm³/mol. The molecule has 0 aromatic heterocycles. The molecule has 5 aliphatic rings. The second kappa shape index (κ2) is 29.0. The zero-order chi connectivity index (χ0) is 60.9. The lowest BCUT2D eigenvalue weighted by atomic mass is 9.83. The summed E-state index contributed by atoms with van der Waals surface area (Å²) in [5.41, 5.74) is -1.28. The molecule has 83 heavy (non-hydrogen) atoms. The monoisotopic (exact) mass is 1180 g/mol. The fraction of sp³-hybridized carbons (Fsp3) is 0.596. The van der Waals surface area contributed by atoms with E-state index in [2.05, 4.69) is 10.6 Å². The van der Waals surface area contributed by atoms with Crippen molar-refractivity contribution in [1.29, 1.82) is 0 Å². The van der Waals surface area contributed by atoms with Crippen LogP contribution in [0.3, 0.4) is 0 Å². The third-order valence-corrected chi connectivity index (χ3v) is 15.9. The molecule has 8 amide bonds. The molecule has 4 heterocycles. The molecule has 0 spiro atoms. The van der Waals surface area contributed by atoms with Crippen molar-refractivity contribution in [2.45, 2.75) is 133 Å². The second-order valence-corrected chi connectivity index (χ2v) is 22.0. The standard InChI is InChI=1S/C57H78ClN7O18/c1-34-14-11-19-43(77-10)57(75)32-42(81-53(72)60-57)35(2)51-56(4,83-51)44(31-49(70)64(8)40-29-37(28-34)30-41(76-9)50(40)58)82-52(71)36(3)63(7)46(67)22-27-78-54(73)61(5)25-26-62(6)55(74)80-39-17-12-15-38(16-13-18-39)79-33-45(66)59-23-24-65-47(68)20-21-48(65)69/h11-12,14,17,19-21,29-30,35-36,38-39,42-44,51,75H,13,15-16,18,22-28,31-33H2,1-10H3,(H,59,66)(H,60,72)/b17-12+,19-11+,34-14+/t35-,36+,38?,39?,42+,43-,44+,51+,56+,57+/m1/s1. The van der Waals surface area contributed by atoms with Crippen LogP contribution in [0.25, 0.3) is 0 Å². The molecule has 10 atom stereocenters. The van der Waals surface area contributed by atoms with Crippen LogP contribution in [-0.4, -0.2) is 214 Å². The van der Waals surface area contributed by atoms with Crippen LogP contribution in [0.2, 0.25) is 5.02 Å². The van der Waals surface area contributed by atoms with Crippen LogP contribution < -0.4 is 20.3 Å². The van der Waals surface area contributed by atoms with Crippen molar-refractivity contribution in [2.75, 3.05) is 86.7 Å². The first-order valence-electron chi connectivity index (χ1n) is 27.5. The molecular formula is C57H78ClN7O18. The lowest BCUT2D eigenvalue weighted by Gasteiger charge is -2.42. The van der Waals surface area contributed by atoms with Gasteiger partial charge in [-0.3, -0.25) is 34.2 Å². The molecule has 1 aliphatic carbocycles. The second-order valence-electron chi connectivity index (χ2n) is 21.6. The zero-order valence-corrected chi connectivity index (χ0v) is 49.5. The summed E-state index contributed by atoms with van der Waals surface area (Å²) in [6.45, 7) is 6.51. The Morgan fingerprint density at radius 2 is 1.69 bits per heavy atom. The molecule has 4 bridgehead atoms. The Kier molecular flexibility index (Phi) is 22.7. The van der Waals surface area contributed by atoms with Gasteiger partial charge in [0.25, 0.3) is 11.8 Å². The highest BCUT2D eigenvalue weighted by molar-refractivity contribution is 6.35. The number of imide groups is 1. The molecular weight excluding hydrogens is 1110 g/mol. The number of aliphatic hydroxyl groups is 1. The maximum absolute atomic E-state index is 14.4. The topological polar surface area (TPSA) is 291 Å². The van der Waals surface area contributed by atoms with Gasteiger partial charge in [-0.15, -0.1) is 0 Å². The molecule has 26 heteroatoms. The fourth-order valence-electron chi connectivity index (χ4n) is 10.0. The summed E-state index contributed by atoms with van der Waals surface area (Å²) in [5.74, 6) is -3.50. The quantitative estimate of drug-likeness (QED) is 0.0616. The summed E-state index contributed by atoms with van der Waals surface area (Å²) in [5, 5.41) is 17.2.